The second-order valence-electron chi connectivity index (χ2n) is 1.41. The minimum Gasteiger partial charge on any atom is -0.367 e. The Hall–Kier alpha value is 1.38. The van der Waals surface area contributed by atoms with Gasteiger partial charge in [-0.25, -0.2) is 0 Å². The Bertz CT molecular complexity index is 58.0. The third-order valence-corrected chi connectivity index (χ3v) is 2.60. The molecule has 1 atom stereocenters. The average Bonchev–Trinajstić information content (AvgIpc) is 1.67. The maximum absolute atomic E-state index is 8.50. The number of halogens is 2. The summed E-state index contributed by atoms with van der Waals surface area (Å²) in [5.74, 6) is 0. The van der Waals surface area contributed by atoms with Crippen molar-refractivity contribution < 1.29 is 10.2 Å². The molecule has 0 saturated heterocycles. The fourth-order valence-electron chi connectivity index (χ4n) is 0.253. The van der Waals surface area contributed by atoms with Gasteiger partial charge in [0.15, 0.2) is 6.29 Å². The van der Waals surface area contributed by atoms with Crippen molar-refractivity contribution in [3.8, 4) is 0 Å². The zero-order valence-corrected chi connectivity index (χ0v) is 8.53. The highest BCUT2D eigenvalue weighted by Crippen LogP contribution is 2.10. The van der Waals surface area contributed by atoms with E-state index in [2.05, 4.69) is 22.6 Å². The molecule has 50 valence electrons. The van der Waals surface area contributed by atoms with Crippen LogP contribution >= 0.6 is 45.2 Å². The number of aliphatic hydroxyl groups is 2. The second-order valence-corrected chi connectivity index (χ2v) is 4.09. The molecule has 0 saturated carbocycles. The first kappa shape index (κ1) is 9.38. The van der Waals surface area contributed by atoms with Crippen molar-refractivity contribution in [3.05, 3.63) is 0 Å². The van der Waals surface area contributed by atoms with Crippen LogP contribution in [0.25, 0.3) is 0 Å². The number of alkyl halides is 2. The van der Waals surface area contributed by atoms with Crippen LogP contribution in [0.15, 0.2) is 0 Å². The first-order valence-electron chi connectivity index (χ1n) is 2.24. The third kappa shape index (κ3) is 4.28. The minimum atomic E-state index is -1.15. The van der Waals surface area contributed by atoms with E-state index in [0.29, 0.717) is 0 Å². The van der Waals surface area contributed by atoms with E-state index < -0.39 is 6.29 Å². The molecule has 4 heteroatoms. The van der Waals surface area contributed by atoms with Crippen LogP contribution in [0.1, 0.15) is 6.42 Å². The summed E-state index contributed by atoms with van der Waals surface area (Å²) in [6.45, 7) is 0. The van der Waals surface area contributed by atoms with E-state index in [9.17, 15) is 0 Å². The summed E-state index contributed by atoms with van der Waals surface area (Å²) in [4.78, 5) is 0. The van der Waals surface area contributed by atoms with Crippen molar-refractivity contribution in [3.63, 3.8) is 0 Å². The fraction of sp³-hybridized carbons (Fsp3) is 1.00. The summed E-state index contributed by atoms with van der Waals surface area (Å²) < 4.78 is 0.965. The topological polar surface area (TPSA) is 40.5 Å². The summed E-state index contributed by atoms with van der Waals surface area (Å²) in [5, 5.41) is 17.0. The molecule has 8 heavy (non-hydrogen) atoms. The summed E-state index contributed by atoms with van der Waals surface area (Å²) >= 11 is 4.24. The molecular formula is C4H8I2O2. The standard InChI is InChI=1S/C4H8I2O2/c5-2-1-3(6)4(7)8/h3-4,7-8H,1-2H2. The molecule has 0 fully saturated rings. The molecule has 0 aromatic rings. The van der Waals surface area contributed by atoms with Crippen molar-refractivity contribution >= 4 is 45.2 Å². The van der Waals surface area contributed by atoms with Crippen LogP contribution < -0.4 is 0 Å². The van der Waals surface area contributed by atoms with Gasteiger partial charge in [-0.1, -0.05) is 45.2 Å². The summed E-state index contributed by atoms with van der Waals surface area (Å²) in [7, 11) is 0. The van der Waals surface area contributed by atoms with E-state index >= 15 is 0 Å². The molecule has 2 nitrogen and oxygen atoms in total. The van der Waals surface area contributed by atoms with Gasteiger partial charge < -0.3 is 10.2 Å². The molecule has 2 N–H and O–H groups in total. The lowest BCUT2D eigenvalue weighted by molar-refractivity contribution is -0.0365. The van der Waals surface area contributed by atoms with Crippen molar-refractivity contribution in [2.24, 2.45) is 0 Å². The fourth-order valence-corrected chi connectivity index (χ4v) is 2.43. The van der Waals surface area contributed by atoms with E-state index in [1.165, 1.54) is 0 Å². The van der Waals surface area contributed by atoms with Crippen LogP contribution in [0.3, 0.4) is 0 Å². The van der Waals surface area contributed by atoms with Crippen molar-refractivity contribution in [2.45, 2.75) is 16.6 Å². The van der Waals surface area contributed by atoms with Gasteiger partial charge in [0.25, 0.3) is 0 Å². The van der Waals surface area contributed by atoms with Gasteiger partial charge in [0.2, 0.25) is 0 Å². The zero-order chi connectivity index (χ0) is 6.57. The smallest absolute Gasteiger partial charge is 0.163 e. The van der Waals surface area contributed by atoms with Crippen LogP contribution in [0.4, 0.5) is 0 Å². The number of aliphatic hydroxyl groups excluding tert-OH is 1. The summed E-state index contributed by atoms with van der Waals surface area (Å²) in [6.07, 6.45) is -0.288. The van der Waals surface area contributed by atoms with E-state index in [1.54, 1.807) is 0 Å². The Balaban J connectivity index is 3.17. The third-order valence-electron chi connectivity index (χ3n) is 0.708. The molecule has 0 aromatic heterocycles. The van der Waals surface area contributed by atoms with Crippen molar-refractivity contribution in [1.82, 2.24) is 0 Å². The van der Waals surface area contributed by atoms with Gasteiger partial charge in [-0.3, -0.25) is 0 Å². The lowest BCUT2D eigenvalue weighted by Gasteiger charge is -2.08. The first-order chi connectivity index (χ1) is 3.68. The predicted octanol–water partition coefficient (Wildman–Crippen LogP) is 0.926. The molecule has 0 bridgehead atoms. The van der Waals surface area contributed by atoms with Gasteiger partial charge in [-0.2, -0.15) is 0 Å². The van der Waals surface area contributed by atoms with Gasteiger partial charge in [-0.15, -0.1) is 0 Å². The molecular weight excluding hydrogens is 334 g/mol. The van der Waals surface area contributed by atoms with Crippen LogP contribution in [-0.2, 0) is 0 Å². The highest BCUT2D eigenvalue weighted by Gasteiger charge is 2.09. The van der Waals surface area contributed by atoms with Gasteiger partial charge in [-0.05, 0) is 6.42 Å². The van der Waals surface area contributed by atoms with Crippen LogP contribution in [0.5, 0.6) is 0 Å². The average molecular weight is 342 g/mol. The largest absolute Gasteiger partial charge is 0.367 e. The van der Waals surface area contributed by atoms with Gasteiger partial charge in [0, 0.05) is 4.43 Å². The van der Waals surface area contributed by atoms with E-state index in [4.69, 9.17) is 10.2 Å². The summed E-state index contributed by atoms with van der Waals surface area (Å²) in [6, 6.07) is 0. The lowest BCUT2D eigenvalue weighted by Crippen LogP contribution is -2.19. The van der Waals surface area contributed by atoms with E-state index in [-0.39, 0.29) is 3.92 Å². The summed E-state index contributed by atoms with van der Waals surface area (Å²) in [5.41, 5.74) is 0. The molecule has 0 heterocycles. The Morgan fingerprint density at radius 2 is 1.88 bits per heavy atom. The van der Waals surface area contributed by atoms with Crippen molar-refractivity contribution in [2.75, 3.05) is 4.43 Å². The number of hydrogen-bond donors (Lipinski definition) is 2. The number of hydrogen-bond acceptors (Lipinski definition) is 2. The second kappa shape index (κ2) is 5.19. The molecule has 0 aliphatic rings. The Morgan fingerprint density at radius 1 is 1.38 bits per heavy atom. The van der Waals surface area contributed by atoms with Crippen LogP contribution in [0.2, 0.25) is 0 Å². The quantitative estimate of drug-likeness (QED) is 0.455. The molecule has 0 spiro atoms. The molecule has 0 aliphatic carbocycles. The maximum Gasteiger partial charge on any atom is 0.163 e. The minimum absolute atomic E-state index is 0.00972. The Morgan fingerprint density at radius 3 is 2.00 bits per heavy atom. The van der Waals surface area contributed by atoms with Gasteiger partial charge in [0.1, 0.15) is 0 Å². The molecule has 0 aliphatic heterocycles. The van der Waals surface area contributed by atoms with E-state index in [1.807, 2.05) is 22.6 Å². The Kier molecular flexibility index (Phi) is 6.08. The van der Waals surface area contributed by atoms with Gasteiger partial charge in [0.05, 0.1) is 3.92 Å². The monoisotopic (exact) mass is 342 g/mol. The highest BCUT2D eigenvalue weighted by atomic mass is 127. The van der Waals surface area contributed by atoms with Gasteiger partial charge >= 0.3 is 0 Å². The van der Waals surface area contributed by atoms with E-state index in [0.717, 1.165) is 10.8 Å². The predicted molar refractivity (Wildman–Crippen MR) is 49.5 cm³/mol. The normalized spacial score (nSPS) is 14.6. The molecule has 0 amide bonds. The maximum atomic E-state index is 8.50. The SMILES string of the molecule is OC(O)C(I)CCI. The lowest BCUT2D eigenvalue weighted by atomic mass is 10.3. The highest BCUT2D eigenvalue weighted by molar-refractivity contribution is 14.1. The Labute approximate surface area is 75.9 Å². The molecule has 0 radical (unpaired) electrons. The molecule has 0 aromatic carbocycles. The first-order valence-corrected chi connectivity index (χ1v) is 5.01. The molecule has 0 rings (SSSR count). The van der Waals surface area contributed by atoms with Crippen molar-refractivity contribution in [1.29, 1.82) is 0 Å². The zero-order valence-electron chi connectivity index (χ0n) is 4.22. The van der Waals surface area contributed by atoms with Crippen LogP contribution in [-0.4, -0.2) is 24.9 Å². The molecule has 1 unspecified atom stereocenters. The number of rotatable bonds is 3. The van der Waals surface area contributed by atoms with Crippen LogP contribution in [0, 0.1) is 0 Å².